The molecule has 0 fully saturated rings. The largest absolute Gasteiger partial charge is 0.478 e. The maximum absolute atomic E-state index is 10.8. The highest BCUT2D eigenvalue weighted by molar-refractivity contribution is 5.87. The fourth-order valence-corrected chi connectivity index (χ4v) is 1.89. The number of hydrogen-bond donors (Lipinski definition) is 1. The van der Waals surface area contributed by atoms with Gasteiger partial charge in [-0.2, -0.15) is 0 Å². The van der Waals surface area contributed by atoms with Crippen molar-refractivity contribution in [3.8, 4) is 11.6 Å². The van der Waals surface area contributed by atoms with Gasteiger partial charge in [0.25, 0.3) is 0 Å². The van der Waals surface area contributed by atoms with Crippen molar-refractivity contribution in [2.75, 3.05) is 0 Å². The molecule has 20 heavy (non-hydrogen) atoms. The molecule has 0 saturated carbocycles. The van der Waals surface area contributed by atoms with E-state index in [1.165, 1.54) is 12.3 Å². The lowest BCUT2D eigenvalue weighted by molar-refractivity contribution is 0.0696. The third kappa shape index (κ3) is 3.15. The summed E-state index contributed by atoms with van der Waals surface area (Å²) in [6.45, 7) is 6.19. The van der Waals surface area contributed by atoms with Gasteiger partial charge in [-0.15, -0.1) is 0 Å². The average Bonchev–Trinajstić information content (AvgIpc) is 2.39. The summed E-state index contributed by atoms with van der Waals surface area (Å²) in [6.07, 6.45) is 1.29. The Morgan fingerprint density at radius 3 is 2.55 bits per heavy atom. The number of ether oxygens (including phenoxy) is 1. The van der Waals surface area contributed by atoms with E-state index in [1.807, 2.05) is 25.1 Å². The van der Waals surface area contributed by atoms with Gasteiger partial charge in [0.15, 0.2) is 0 Å². The van der Waals surface area contributed by atoms with Crippen LogP contribution in [0.15, 0.2) is 36.5 Å². The molecule has 0 aliphatic heterocycles. The monoisotopic (exact) mass is 271 g/mol. The van der Waals surface area contributed by atoms with Crippen molar-refractivity contribution in [3.63, 3.8) is 0 Å². The van der Waals surface area contributed by atoms with Crippen LogP contribution in [0.1, 0.15) is 41.3 Å². The summed E-state index contributed by atoms with van der Waals surface area (Å²) in [5.74, 6) is 0.490. The van der Waals surface area contributed by atoms with Crippen molar-refractivity contribution in [2.24, 2.45) is 0 Å². The SMILES string of the molecule is Cc1ccc(C(C)C)c(Oc2ccc(C(=O)O)cn2)c1. The van der Waals surface area contributed by atoms with E-state index in [2.05, 4.69) is 18.8 Å². The highest BCUT2D eigenvalue weighted by Crippen LogP contribution is 2.30. The van der Waals surface area contributed by atoms with Crippen molar-refractivity contribution in [1.82, 2.24) is 4.98 Å². The fraction of sp³-hybridized carbons (Fsp3) is 0.250. The first-order valence-corrected chi connectivity index (χ1v) is 6.45. The number of benzene rings is 1. The Hall–Kier alpha value is -2.36. The summed E-state index contributed by atoms with van der Waals surface area (Å²) >= 11 is 0. The first-order valence-electron chi connectivity index (χ1n) is 6.45. The molecule has 1 aromatic heterocycles. The zero-order valence-electron chi connectivity index (χ0n) is 11.8. The molecule has 1 aromatic carbocycles. The zero-order valence-corrected chi connectivity index (χ0v) is 11.8. The van der Waals surface area contributed by atoms with Gasteiger partial charge in [0.05, 0.1) is 5.56 Å². The van der Waals surface area contributed by atoms with E-state index in [4.69, 9.17) is 9.84 Å². The van der Waals surface area contributed by atoms with Crippen molar-refractivity contribution < 1.29 is 14.6 Å². The van der Waals surface area contributed by atoms with Crippen LogP contribution in [0, 0.1) is 6.92 Å². The van der Waals surface area contributed by atoms with Gasteiger partial charge in [-0.3, -0.25) is 0 Å². The molecule has 1 N–H and O–H groups in total. The summed E-state index contributed by atoms with van der Waals surface area (Å²) in [5.41, 5.74) is 2.34. The van der Waals surface area contributed by atoms with Crippen LogP contribution in [0.5, 0.6) is 11.6 Å². The second-order valence-electron chi connectivity index (χ2n) is 4.99. The molecule has 0 aliphatic rings. The number of nitrogens with zero attached hydrogens (tertiary/aromatic N) is 1. The normalized spacial score (nSPS) is 10.6. The minimum atomic E-state index is -0.998. The quantitative estimate of drug-likeness (QED) is 0.912. The number of carboxylic acids is 1. The van der Waals surface area contributed by atoms with Crippen LogP contribution in [-0.4, -0.2) is 16.1 Å². The topological polar surface area (TPSA) is 59.4 Å². The van der Waals surface area contributed by atoms with E-state index in [9.17, 15) is 4.79 Å². The molecular formula is C16H17NO3. The van der Waals surface area contributed by atoms with Gasteiger partial charge in [0.1, 0.15) is 5.75 Å². The molecule has 0 bridgehead atoms. The number of hydrogen-bond acceptors (Lipinski definition) is 3. The maximum atomic E-state index is 10.8. The third-order valence-corrected chi connectivity index (χ3v) is 2.99. The Kier molecular flexibility index (Phi) is 4.03. The van der Waals surface area contributed by atoms with Gasteiger partial charge in [-0.25, -0.2) is 9.78 Å². The minimum absolute atomic E-state index is 0.144. The first kappa shape index (κ1) is 14.1. The van der Waals surface area contributed by atoms with Crippen molar-refractivity contribution in [1.29, 1.82) is 0 Å². The number of carboxylic acid groups (broad SMARTS) is 1. The Bertz CT molecular complexity index is 618. The van der Waals surface area contributed by atoms with Gasteiger partial charge in [-0.05, 0) is 36.1 Å². The molecule has 0 saturated heterocycles. The summed E-state index contributed by atoms with van der Waals surface area (Å²) in [5, 5.41) is 8.84. The van der Waals surface area contributed by atoms with Crippen LogP contribution in [0.4, 0.5) is 0 Å². The second-order valence-corrected chi connectivity index (χ2v) is 4.99. The first-order chi connectivity index (χ1) is 9.47. The lowest BCUT2D eigenvalue weighted by Crippen LogP contribution is -1.99. The summed E-state index contributed by atoms with van der Waals surface area (Å²) in [6, 6.07) is 9.09. The zero-order chi connectivity index (χ0) is 14.7. The summed E-state index contributed by atoms with van der Waals surface area (Å²) in [4.78, 5) is 14.8. The van der Waals surface area contributed by atoms with Crippen LogP contribution in [0.25, 0.3) is 0 Å². The Morgan fingerprint density at radius 2 is 2.00 bits per heavy atom. The molecule has 0 radical (unpaired) electrons. The molecular weight excluding hydrogens is 254 g/mol. The van der Waals surface area contributed by atoms with E-state index in [-0.39, 0.29) is 5.56 Å². The highest BCUT2D eigenvalue weighted by atomic mass is 16.5. The minimum Gasteiger partial charge on any atom is -0.478 e. The molecule has 0 spiro atoms. The summed E-state index contributed by atoms with van der Waals surface area (Å²) in [7, 11) is 0. The van der Waals surface area contributed by atoms with E-state index >= 15 is 0 Å². The fourth-order valence-electron chi connectivity index (χ4n) is 1.89. The van der Waals surface area contributed by atoms with Crippen LogP contribution >= 0.6 is 0 Å². The predicted octanol–water partition coefficient (Wildman–Crippen LogP) is 4.00. The van der Waals surface area contributed by atoms with Gasteiger partial charge in [-0.1, -0.05) is 26.0 Å². The molecule has 4 nitrogen and oxygen atoms in total. The number of pyridine rings is 1. The van der Waals surface area contributed by atoms with E-state index in [0.717, 1.165) is 16.9 Å². The van der Waals surface area contributed by atoms with Gasteiger partial charge < -0.3 is 9.84 Å². The number of aromatic nitrogens is 1. The standard InChI is InChI=1S/C16H17NO3/c1-10(2)13-6-4-11(3)8-14(13)20-15-7-5-12(9-17-15)16(18)19/h4-10H,1-3H3,(H,18,19). The predicted molar refractivity (Wildman–Crippen MR) is 76.5 cm³/mol. The smallest absolute Gasteiger partial charge is 0.337 e. The van der Waals surface area contributed by atoms with E-state index in [1.54, 1.807) is 6.07 Å². The number of aryl methyl sites for hydroxylation is 1. The lowest BCUT2D eigenvalue weighted by atomic mass is 10.0. The van der Waals surface area contributed by atoms with Crippen LogP contribution in [0.2, 0.25) is 0 Å². The summed E-state index contributed by atoms with van der Waals surface area (Å²) < 4.78 is 5.78. The molecule has 4 heteroatoms. The van der Waals surface area contributed by atoms with E-state index < -0.39 is 5.97 Å². The molecule has 2 aromatic rings. The van der Waals surface area contributed by atoms with Gasteiger partial charge >= 0.3 is 5.97 Å². The van der Waals surface area contributed by atoms with Crippen LogP contribution in [-0.2, 0) is 0 Å². The Morgan fingerprint density at radius 1 is 1.25 bits per heavy atom. The molecule has 104 valence electrons. The molecule has 0 amide bonds. The average molecular weight is 271 g/mol. The van der Waals surface area contributed by atoms with Gasteiger partial charge in [0.2, 0.25) is 5.88 Å². The lowest BCUT2D eigenvalue weighted by Gasteiger charge is -2.14. The van der Waals surface area contributed by atoms with Crippen LogP contribution < -0.4 is 4.74 Å². The van der Waals surface area contributed by atoms with Crippen molar-refractivity contribution in [3.05, 3.63) is 53.2 Å². The van der Waals surface area contributed by atoms with Crippen LogP contribution in [0.3, 0.4) is 0 Å². The second kappa shape index (κ2) is 5.74. The maximum Gasteiger partial charge on any atom is 0.337 e. The molecule has 2 rings (SSSR count). The molecule has 0 unspecified atom stereocenters. The van der Waals surface area contributed by atoms with Crippen molar-refractivity contribution in [2.45, 2.75) is 26.7 Å². The number of carbonyl (C=O) groups is 1. The highest BCUT2D eigenvalue weighted by Gasteiger charge is 2.10. The molecule has 1 heterocycles. The number of aromatic carboxylic acids is 1. The number of rotatable bonds is 4. The van der Waals surface area contributed by atoms with E-state index in [0.29, 0.717) is 11.8 Å². The molecule has 0 atom stereocenters. The Balaban J connectivity index is 2.29. The molecule has 0 aliphatic carbocycles. The Labute approximate surface area is 118 Å². The third-order valence-electron chi connectivity index (χ3n) is 2.99. The van der Waals surface area contributed by atoms with Gasteiger partial charge in [0, 0.05) is 12.3 Å². The van der Waals surface area contributed by atoms with Crippen molar-refractivity contribution >= 4 is 5.97 Å².